The summed E-state index contributed by atoms with van der Waals surface area (Å²) in [5, 5.41) is 3.55. The smallest absolute Gasteiger partial charge is 0.0661 e. The van der Waals surface area contributed by atoms with E-state index in [0.29, 0.717) is 6.04 Å². The van der Waals surface area contributed by atoms with Gasteiger partial charge in [-0.1, -0.05) is 43.7 Å². The fourth-order valence-electron chi connectivity index (χ4n) is 1.82. The number of ether oxygens (including phenoxy) is 1. The SMILES string of the molecule is CCCNC(COCCC)c1cccc(C)c1. The second kappa shape index (κ2) is 8.26. The highest BCUT2D eigenvalue weighted by atomic mass is 16.5. The molecule has 0 fully saturated rings. The summed E-state index contributed by atoms with van der Waals surface area (Å²) in [4.78, 5) is 0. The van der Waals surface area contributed by atoms with E-state index < -0.39 is 0 Å². The number of rotatable bonds is 8. The highest BCUT2D eigenvalue weighted by Crippen LogP contribution is 2.15. The van der Waals surface area contributed by atoms with Gasteiger partial charge in [-0.15, -0.1) is 0 Å². The molecule has 96 valence electrons. The summed E-state index contributed by atoms with van der Waals surface area (Å²) in [5.74, 6) is 0. The number of aryl methyl sites for hydroxylation is 1. The van der Waals surface area contributed by atoms with Gasteiger partial charge in [0.1, 0.15) is 0 Å². The molecule has 0 bridgehead atoms. The minimum Gasteiger partial charge on any atom is -0.379 e. The summed E-state index contributed by atoms with van der Waals surface area (Å²) >= 11 is 0. The van der Waals surface area contributed by atoms with Crippen molar-refractivity contribution in [2.24, 2.45) is 0 Å². The van der Waals surface area contributed by atoms with Gasteiger partial charge < -0.3 is 10.1 Å². The van der Waals surface area contributed by atoms with Gasteiger partial charge in [0.15, 0.2) is 0 Å². The Morgan fingerprint density at radius 3 is 2.71 bits per heavy atom. The first-order valence-electron chi connectivity index (χ1n) is 6.65. The van der Waals surface area contributed by atoms with Gasteiger partial charge >= 0.3 is 0 Å². The van der Waals surface area contributed by atoms with E-state index in [1.807, 2.05) is 0 Å². The molecule has 1 N–H and O–H groups in total. The van der Waals surface area contributed by atoms with Crippen LogP contribution in [0.4, 0.5) is 0 Å². The fraction of sp³-hybridized carbons (Fsp3) is 0.600. The van der Waals surface area contributed by atoms with Crippen LogP contribution < -0.4 is 5.32 Å². The molecular weight excluding hydrogens is 210 g/mol. The monoisotopic (exact) mass is 235 g/mol. The van der Waals surface area contributed by atoms with Gasteiger partial charge in [-0.2, -0.15) is 0 Å². The number of hydrogen-bond donors (Lipinski definition) is 1. The van der Waals surface area contributed by atoms with Crippen LogP contribution in [0.15, 0.2) is 24.3 Å². The Bertz CT molecular complexity index is 312. The second-order valence-corrected chi connectivity index (χ2v) is 4.50. The Hall–Kier alpha value is -0.860. The van der Waals surface area contributed by atoms with E-state index >= 15 is 0 Å². The van der Waals surface area contributed by atoms with E-state index in [9.17, 15) is 0 Å². The van der Waals surface area contributed by atoms with Gasteiger partial charge in [0, 0.05) is 6.61 Å². The molecule has 1 aromatic carbocycles. The van der Waals surface area contributed by atoms with Crippen LogP contribution in [0.1, 0.15) is 43.9 Å². The third-order valence-corrected chi connectivity index (χ3v) is 2.72. The lowest BCUT2D eigenvalue weighted by Crippen LogP contribution is -2.26. The van der Waals surface area contributed by atoms with Crippen molar-refractivity contribution in [3.8, 4) is 0 Å². The zero-order valence-electron chi connectivity index (χ0n) is 11.3. The van der Waals surface area contributed by atoms with Gasteiger partial charge in [0.2, 0.25) is 0 Å². The van der Waals surface area contributed by atoms with Crippen LogP contribution in [0.5, 0.6) is 0 Å². The van der Waals surface area contributed by atoms with Crippen molar-refractivity contribution in [2.45, 2.75) is 39.7 Å². The molecule has 0 spiro atoms. The highest BCUT2D eigenvalue weighted by Gasteiger charge is 2.10. The minimum absolute atomic E-state index is 0.321. The van der Waals surface area contributed by atoms with Crippen LogP contribution in [-0.2, 0) is 4.74 Å². The van der Waals surface area contributed by atoms with Gasteiger partial charge in [-0.05, 0) is 31.9 Å². The van der Waals surface area contributed by atoms with Crippen LogP contribution in [0.3, 0.4) is 0 Å². The van der Waals surface area contributed by atoms with Crippen molar-refractivity contribution in [1.29, 1.82) is 0 Å². The molecule has 1 aromatic rings. The Morgan fingerprint density at radius 2 is 2.06 bits per heavy atom. The van der Waals surface area contributed by atoms with Crippen LogP contribution in [0, 0.1) is 6.92 Å². The standard InChI is InChI=1S/C15H25NO/c1-4-9-16-15(12-17-10-5-2)14-8-6-7-13(3)11-14/h6-8,11,15-16H,4-5,9-10,12H2,1-3H3. The van der Waals surface area contributed by atoms with E-state index in [1.54, 1.807) is 0 Å². The fourth-order valence-corrected chi connectivity index (χ4v) is 1.82. The molecule has 1 atom stereocenters. The largest absolute Gasteiger partial charge is 0.379 e. The Morgan fingerprint density at radius 1 is 1.24 bits per heavy atom. The molecule has 0 heterocycles. The van der Waals surface area contributed by atoms with Crippen molar-refractivity contribution in [1.82, 2.24) is 5.32 Å². The first kappa shape index (κ1) is 14.2. The zero-order valence-corrected chi connectivity index (χ0v) is 11.3. The summed E-state index contributed by atoms with van der Waals surface area (Å²) in [5.41, 5.74) is 2.64. The van der Waals surface area contributed by atoms with Gasteiger partial charge in [0.05, 0.1) is 12.6 Å². The molecule has 2 nitrogen and oxygen atoms in total. The molecule has 1 unspecified atom stereocenters. The average molecular weight is 235 g/mol. The van der Waals surface area contributed by atoms with Crippen molar-refractivity contribution in [2.75, 3.05) is 19.8 Å². The summed E-state index contributed by atoms with van der Waals surface area (Å²) in [6.45, 7) is 9.10. The summed E-state index contributed by atoms with van der Waals surface area (Å²) < 4.78 is 5.67. The molecule has 0 aliphatic carbocycles. The first-order valence-corrected chi connectivity index (χ1v) is 6.65. The second-order valence-electron chi connectivity index (χ2n) is 4.50. The van der Waals surface area contributed by atoms with Crippen LogP contribution in [0.2, 0.25) is 0 Å². The average Bonchev–Trinajstić information content (AvgIpc) is 2.33. The molecule has 0 aliphatic heterocycles. The predicted octanol–water partition coefficient (Wildman–Crippen LogP) is 3.46. The highest BCUT2D eigenvalue weighted by molar-refractivity contribution is 5.25. The first-order chi connectivity index (χ1) is 8.27. The lowest BCUT2D eigenvalue weighted by atomic mass is 10.0. The van der Waals surface area contributed by atoms with E-state index in [0.717, 1.165) is 32.6 Å². The van der Waals surface area contributed by atoms with E-state index in [1.165, 1.54) is 11.1 Å². The topological polar surface area (TPSA) is 21.3 Å². The van der Waals surface area contributed by atoms with E-state index in [4.69, 9.17) is 4.74 Å². The quantitative estimate of drug-likeness (QED) is 0.697. The Kier molecular flexibility index (Phi) is 6.90. The normalized spacial score (nSPS) is 12.6. The molecule has 0 aliphatic rings. The zero-order chi connectivity index (χ0) is 12.5. The lowest BCUT2D eigenvalue weighted by molar-refractivity contribution is 0.112. The minimum atomic E-state index is 0.321. The molecule has 0 saturated heterocycles. The molecule has 0 radical (unpaired) electrons. The Balaban J connectivity index is 2.60. The number of hydrogen-bond acceptors (Lipinski definition) is 2. The molecule has 0 saturated carbocycles. The van der Waals surface area contributed by atoms with Gasteiger partial charge in [-0.25, -0.2) is 0 Å². The maximum atomic E-state index is 5.67. The van der Waals surface area contributed by atoms with Crippen LogP contribution in [0.25, 0.3) is 0 Å². The number of benzene rings is 1. The maximum Gasteiger partial charge on any atom is 0.0661 e. The maximum absolute atomic E-state index is 5.67. The predicted molar refractivity (Wildman–Crippen MR) is 73.3 cm³/mol. The van der Waals surface area contributed by atoms with Crippen molar-refractivity contribution in [3.05, 3.63) is 35.4 Å². The molecule has 2 heteroatoms. The Labute approximate surface area is 105 Å². The molecule has 1 rings (SSSR count). The third-order valence-electron chi connectivity index (χ3n) is 2.72. The van der Waals surface area contributed by atoms with Crippen molar-refractivity contribution in [3.63, 3.8) is 0 Å². The third kappa shape index (κ3) is 5.33. The number of nitrogens with one attached hydrogen (secondary N) is 1. The van der Waals surface area contributed by atoms with E-state index in [-0.39, 0.29) is 0 Å². The molecule has 0 amide bonds. The lowest BCUT2D eigenvalue weighted by Gasteiger charge is -2.19. The molecule has 17 heavy (non-hydrogen) atoms. The summed E-state index contributed by atoms with van der Waals surface area (Å²) in [7, 11) is 0. The van der Waals surface area contributed by atoms with Crippen molar-refractivity contribution >= 4 is 0 Å². The summed E-state index contributed by atoms with van der Waals surface area (Å²) in [6, 6.07) is 8.98. The van der Waals surface area contributed by atoms with E-state index in [2.05, 4.69) is 50.4 Å². The molecule has 0 aromatic heterocycles. The van der Waals surface area contributed by atoms with Gasteiger partial charge in [0.25, 0.3) is 0 Å². The van der Waals surface area contributed by atoms with Crippen LogP contribution >= 0.6 is 0 Å². The van der Waals surface area contributed by atoms with Crippen molar-refractivity contribution < 1.29 is 4.74 Å². The van der Waals surface area contributed by atoms with Crippen LogP contribution in [-0.4, -0.2) is 19.8 Å². The molecular formula is C15H25NO. The van der Waals surface area contributed by atoms with Gasteiger partial charge in [-0.3, -0.25) is 0 Å². The summed E-state index contributed by atoms with van der Waals surface area (Å²) in [6.07, 6.45) is 2.23.